The molecule has 0 N–H and O–H groups in total. The molecule has 0 aliphatic heterocycles. The molecule has 4 heteroatoms. The van der Waals surface area contributed by atoms with E-state index in [4.69, 9.17) is 8.83 Å². The first kappa shape index (κ1) is 70.1. The topological polar surface area (TPSA) is 32.8 Å². The molecule has 568 valence electrons. The Morgan fingerprint density at radius 1 is 0.131 bits per heavy atom. The van der Waals surface area contributed by atoms with Crippen LogP contribution in [0.1, 0.15) is 0 Å². The van der Waals surface area contributed by atoms with Gasteiger partial charge >= 0.3 is 0 Å². The Morgan fingerprint density at radius 3 is 0.967 bits per heavy atom. The van der Waals surface area contributed by atoms with E-state index in [1.807, 2.05) is 24.3 Å². The number of para-hydroxylation sites is 4. The summed E-state index contributed by atoms with van der Waals surface area (Å²) in [7, 11) is 0. The fourth-order valence-electron chi connectivity index (χ4n) is 19.4. The highest BCUT2D eigenvalue weighted by atomic mass is 16.3. The van der Waals surface area contributed by atoms with Crippen molar-refractivity contribution < 1.29 is 8.83 Å². The van der Waals surface area contributed by atoms with Crippen LogP contribution in [0.4, 0.5) is 34.1 Å². The molecule has 24 rings (SSSR count). The van der Waals surface area contributed by atoms with Crippen LogP contribution < -0.4 is 9.80 Å². The van der Waals surface area contributed by atoms with Crippen LogP contribution in [0.15, 0.2) is 458 Å². The third-order valence-corrected chi connectivity index (χ3v) is 25.2. The van der Waals surface area contributed by atoms with Crippen LogP contribution in [-0.4, -0.2) is 0 Å². The summed E-state index contributed by atoms with van der Waals surface area (Å²) in [6, 6.07) is 165. The molecule has 24 aromatic rings. The standard InChI is InChI=1S/C118H74N2O2/c1-2-28-91-78(22-1)23-19-39-92(91)82-24-17-27-85(68-82)97-30-10-14-45-113(97)120(90-62-52-77(53-63-90)81-57-67-118-111(73-81)108-38-12-16-47-116(108)122-118)114-74-87-70-86(55-64-95(87)100-31-7-8-36-106(100)114)94-41-21-42-98-93(40-20-43-99(94)98)83-25-18-26-84(69-83)96-29-9-13-44-112(96)119(89-60-50-76(51-61-89)80-56-66-117-110(72-80)107-37-11-15-46-115(107)121-117)88-58-48-75(49-59-88)79-54-65-105-103-34-4-3-32-101(103)102-33-5-6-35-104(102)109(105)71-79/h1-74H. The highest BCUT2D eigenvalue weighted by Crippen LogP contribution is 2.50. The molecule has 0 amide bonds. The Balaban J connectivity index is 0.608. The predicted octanol–water partition coefficient (Wildman–Crippen LogP) is 33.8. The van der Waals surface area contributed by atoms with E-state index in [-0.39, 0.29) is 0 Å². The van der Waals surface area contributed by atoms with Gasteiger partial charge in [0.05, 0.1) is 17.1 Å². The Hall–Kier alpha value is -16.1. The minimum Gasteiger partial charge on any atom is -0.456 e. The zero-order valence-corrected chi connectivity index (χ0v) is 66.4. The average Bonchev–Trinajstić information content (AvgIpc) is 0.943. The Labute approximate surface area is 705 Å². The molecule has 0 fully saturated rings. The largest absolute Gasteiger partial charge is 0.456 e. The number of rotatable bonds is 14. The molecule has 0 unspecified atom stereocenters. The van der Waals surface area contributed by atoms with Gasteiger partial charge in [0, 0.05) is 55.1 Å². The SMILES string of the molecule is c1cc(-c2ccccc2N(c2ccc(-c3ccc4oc5ccccc5c4c3)cc2)c2cc3cc(-c4cccc5c(-c6cccc(-c7ccccc7N(c7ccc(-c8ccc9oc%10ccccc%10c9c8)cc7)c7ccc(-c8ccc9c%10ccccc%10c%10ccccc%10c9c8)cc7)c6)cccc45)ccc3c3ccccc23)cc(-c2cccc3ccccc23)c1. The van der Waals surface area contributed by atoms with E-state index in [0.717, 1.165) is 156 Å². The fraction of sp³-hybridized carbons (Fsp3) is 0. The van der Waals surface area contributed by atoms with Crippen molar-refractivity contribution in [3.8, 4) is 89.0 Å². The zero-order valence-electron chi connectivity index (χ0n) is 66.4. The van der Waals surface area contributed by atoms with Gasteiger partial charge in [-0.2, -0.15) is 0 Å². The number of benzene rings is 22. The summed E-state index contributed by atoms with van der Waals surface area (Å²) < 4.78 is 12.6. The minimum atomic E-state index is 0.883. The summed E-state index contributed by atoms with van der Waals surface area (Å²) in [6.45, 7) is 0. The Morgan fingerprint density at radius 2 is 0.443 bits per heavy atom. The van der Waals surface area contributed by atoms with Gasteiger partial charge in [-0.1, -0.05) is 334 Å². The van der Waals surface area contributed by atoms with Gasteiger partial charge < -0.3 is 18.6 Å². The lowest BCUT2D eigenvalue weighted by molar-refractivity contribution is 0.668. The predicted molar refractivity (Wildman–Crippen MR) is 516 cm³/mol. The van der Waals surface area contributed by atoms with Crippen molar-refractivity contribution in [1.82, 2.24) is 0 Å². The lowest BCUT2D eigenvalue weighted by atomic mass is 9.90. The van der Waals surface area contributed by atoms with Gasteiger partial charge in [-0.25, -0.2) is 0 Å². The van der Waals surface area contributed by atoms with E-state index < -0.39 is 0 Å². The van der Waals surface area contributed by atoms with Crippen LogP contribution in [0.5, 0.6) is 0 Å². The number of hydrogen-bond donors (Lipinski definition) is 0. The molecule has 122 heavy (non-hydrogen) atoms. The van der Waals surface area contributed by atoms with Crippen LogP contribution in [0, 0.1) is 0 Å². The maximum absolute atomic E-state index is 6.31. The van der Waals surface area contributed by atoms with Crippen LogP contribution >= 0.6 is 0 Å². The number of anilines is 6. The Kier molecular flexibility index (Phi) is 16.6. The summed E-state index contributed by atoms with van der Waals surface area (Å²) in [5.74, 6) is 0. The summed E-state index contributed by atoms with van der Waals surface area (Å²) in [6.07, 6.45) is 0. The van der Waals surface area contributed by atoms with Gasteiger partial charge in [-0.05, 0) is 263 Å². The van der Waals surface area contributed by atoms with Gasteiger partial charge in [0.2, 0.25) is 0 Å². The number of nitrogens with zero attached hydrogens (tertiary/aromatic N) is 2. The smallest absolute Gasteiger partial charge is 0.135 e. The first-order valence-electron chi connectivity index (χ1n) is 41.9. The fourth-order valence-corrected chi connectivity index (χ4v) is 19.4. The Bertz CT molecular complexity index is 8300. The van der Waals surface area contributed by atoms with Crippen molar-refractivity contribution in [2.75, 3.05) is 9.80 Å². The molecule has 4 nitrogen and oxygen atoms in total. The molecular weight excluding hydrogens is 1480 g/mol. The lowest BCUT2D eigenvalue weighted by Gasteiger charge is -2.30. The maximum atomic E-state index is 6.31. The molecule has 0 saturated carbocycles. The summed E-state index contributed by atoms with van der Waals surface area (Å²) in [5.41, 5.74) is 28.2. The number of fused-ring (bicyclic) bond motifs is 17. The quantitative estimate of drug-likeness (QED) is 0.102. The van der Waals surface area contributed by atoms with Crippen LogP contribution in [0.2, 0.25) is 0 Å². The van der Waals surface area contributed by atoms with E-state index in [1.165, 1.54) is 86.9 Å². The molecule has 0 saturated heterocycles. The first-order valence-corrected chi connectivity index (χ1v) is 41.9. The van der Waals surface area contributed by atoms with Gasteiger partial charge in [0.1, 0.15) is 22.3 Å². The van der Waals surface area contributed by atoms with E-state index in [9.17, 15) is 0 Å². The zero-order chi connectivity index (χ0) is 80.3. The third-order valence-electron chi connectivity index (χ3n) is 25.2. The van der Waals surface area contributed by atoms with Crippen molar-refractivity contribution in [2.45, 2.75) is 0 Å². The highest BCUT2D eigenvalue weighted by Gasteiger charge is 2.25. The summed E-state index contributed by atoms with van der Waals surface area (Å²) >= 11 is 0. The van der Waals surface area contributed by atoms with Gasteiger partial charge in [-0.15, -0.1) is 0 Å². The highest BCUT2D eigenvalue weighted by molar-refractivity contribution is 6.26. The van der Waals surface area contributed by atoms with E-state index in [0.29, 0.717) is 0 Å². The molecule has 0 atom stereocenters. The lowest BCUT2D eigenvalue weighted by Crippen LogP contribution is -2.12. The molecular formula is C118H74N2O2. The maximum Gasteiger partial charge on any atom is 0.135 e. The molecule has 0 bridgehead atoms. The third kappa shape index (κ3) is 11.9. The average molecular weight is 1550 g/mol. The van der Waals surface area contributed by atoms with Crippen LogP contribution in [0.25, 0.3) is 208 Å². The van der Waals surface area contributed by atoms with Crippen LogP contribution in [0.3, 0.4) is 0 Å². The number of furan rings is 2. The molecule has 0 radical (unpaired) electrons. The molecule has 0 spiro atoms. The van der Waals surface area contributed by atoms with E-state index >= 15 is 0 Å². The second-order valence-electron chi connectivity index (χ2n) is 32.1. The van der Waals surface area contributed by atoms with E-state index in [1.54, 1.807) is 0 Å². The van der Waals surface area contributed by atoms with Gasteiger partial charge in [0.25, 0.3) is 0 Å². The first-order chi connectivity index (χ1) is 60.5. The van der Waals surface area contributed by atoms with Gasteiger partial charge in [-0.3, -0.25) is 0 Å². The molecule has 22 aromatic carbocycles. The summed E-state index contributed by atoms with van der Waals surface area (Å²) in [4.78, 5) is 4.92. The number of hydrogen-bond acceptors (Lipinski definition) is 4. The minimum absolute atomic E-state index is 0.883. The normalized spacial score (nSPS) is 11.8. The van der Waals surface area contributed by atoms with Gasteiger partial charge in [0.15, 0.2) is 0 Å². The van der Waals surface area contributed by atoms with Crippen molar-refractivity contribution >= 4 is 153 Å². The molecule has 2 heterocycles. The van der Waals surface area contributed by atoms with Crippen molar-refractivity contribution in [3.63, 3.8) is 0 Å². The van der Waals surface area contributed by atoms with Crippen LogP contribution in [-0.2, 0) is 0 Å². The monoisotopic (exact) mass is 1550 g/mol. The molecule has 2 aromatic heterocycles. The molecule has 0 aliphatic carbocycles. The second kappa shape index (κ2) is 28.9. The van der Waals surface area contributed by atoms with E-state index in [2.05, 4.69) is 434 Å². The van der Waals surface area contributed by atoms with Crippen molar-refractivity contribution in [3.05, 3.63) is 449 Å². The molecule has 0 aliphatic rings. The second-order valence-corrected chi connectivity index (χ2v) is 32.1. The van der Waals surface area contributed by atoms with Crippen molar-refractivity contribution in [2.24, 2.45) is 0 Å². The summed E-state index contributed by atoms with van der Waals surface area (Å²) in [5, 5.41) is 21.5. The van der Waals surface area contributed by atoms with Crippen molar-refractivity contribution in [1.29, 1.82) is 0 Å².